The van der Waals surface area contributed by atoms with Crippen molar-refractivity contribution in [3.8, 4) is 11.5 Å². The summed E-state index contributed by atoms with van der Waals surface area (Å²) in [6.07, 6.45) is 0.797. The first-order chi connectivity index (χ1) is 13.5. The third-order valence-electron chi connectivity index (χ3n) is 5.22. The predicted octanol–water partition coefficient (Wildman–Crippen LogP) is 5.23. The number of fused-ring (bicyclic) bond motifs is 1. The van der Waals surface area contributed by atoms with Gasteiger partial charge >= 0.3 is 0 Å². The summed E-state index contributed by atoms with van der Waals surface area (Å²) in [6, 6.07) is 10.1. The van der Waals surface area contributed by atoms with E-state index in [0.717, 1.165) is 37.9 Å². The zero-order chi connectivity index (χ0) is 19.8. The van der Waals surface area contributed by atoms with Gasteiger partial charge < -0.3 is 14.4 Å². The number of carbonyl (C=O) groups is 1. The largest absolute Gasteiger partial charge is 0.493 e. The second-order valence-corrected chi connectivity index (χ2v) is 9.34. The molecule has 3 heterocycles. The fourth-order valence-corrected chi connectivity index (χ4v) is 5.69. The minimum atomic E-state index is -0.115. The number of hydrogen-bond acceptors (Lipinski definition) is 5. The van der Waals surface area contributed by atoms with Crippen molar-refractivity contribution < 1.29 is 14.3 Å². The topological polar surface area (TPSA) is 38.8 Å². The second kappa shape index (κ2) is 7.60. The second-order valence-electron chi connectivity index (χ2n) is 6.90. The number of ether oxygens (including phenoxy) is 2. The Kier molecular flexibility index (Phi) is 5.17. The van der Waals surface area contributed by atoms with Gasteiger partial charge in [-0.05, 0) is 61.0 Å². The van der Waals surface area contributed by atoms with E-state index in [-0.39, 0.29) is 11.9 Å². The summed E-state index contributed by atoms with van der Waals surface area (Å²) in [7, 11) is 3.30. The molecule has 1 unspecified atom stereocenters. The molecule has 6 heteroatoms. The number of carbonyl (C=O) groups excluding carboxylic acids is 1. The van der Waals surface area contributed by atoms with Crippen LogP contribution in [0.5, 0.6) is 11.5 Å². The number of rotatable bonds is 4. The van der Waals surface area contributed by atoms with Crippen LogP contribution in [-0.4, -0.2) is 31.6 Å². The van der Waals surface area contributed by atoms with Crippen molar-refractivity contribution in [2.45, 2.75) is 26.3 Å². The molecule has 0 saturated heterocycles. The molecule has 0 spiro atoms. The van der Waals surface area contributed by atoms with E-state index in [1.54, 1.807) is 36.9 Å². The normalized spacial score (nSPS) is 16.0. The van der Waals surface area contributed by atoms with Gasteiger partial charge in [0.15, 0.2) is 11.5 Å². The Morgan fingerprint density at radius 3 is 2.50 bits per heavy atom. The lowest BCUT2D eigenvalue weighted by atomic mass is 9.90. The van der Waals surface area contributed by atoms with Gasteiger partial charge in [-0.3, -0.25) is 4.79 Å². The molecule has 28 heavy (non-hydrogen) atoms. The van der Waals surface area contributed by atoms with Gasteiger partial charge in [-0.15, -0.1) is 22.7 Å². The smallest absolute Gasteiger partial charge is 0.255 e. The van der Waals surface area contributed by atoms with Crippen LogP contribution in [0.1, 0.15) is 42.2 Å². The Hall–Kier alpha value is -2.31. The van der Waals surface area contributed by atoms with Gasteiger partial charge in [-0.25, -0.2) is 0 Å². The number of amides is 1. The van der Waals surface area contributed by atoms with Crippen LogP contribution < -0.4 is 9.47 Å². The fraction of sp³-hybridized carbons (Fsp3) is 0.318. The van der Waals surface area contributed by atoms with Crippen LogP contribution in [0, 0.1) is 13.8 Å². The van der Waals surface area contributed by atoms with E-state index in [9.17, 15) is 4.79 Å². The molecule has 3 aromatic rings. The van der Waals surface area contributed by atoms with Gasteiger partial charge in [0, 0.05) is 21.2 Å². The number of nitrogens with zero attached hydrogens (tertiary/aromatic N) is 1. The molecule has 0 radical (unpaired) electrons. The number of thiophene rings is 2. The Morgan fingerprint density at radius 1 is 1.14 bits per heavy atom. The maximum atomic E-state index is 13.5. The van der Waals surface area contributed by atoms with Crippen molar-refractivity contribution in [1.29, 1.82) is 0 Å². The Labute approximate surface area is 173 Å². The summed E-state index contributed by atoms with van der Waals surface area (Å²) in [5.74, 6) is 1.52. The SMILES string of the molecule is COc1cc2c(cc1OC)C(c1cccs1)N(C(=O)c1cc(C)sc1C)CC2. The standard InChI is InChI=1S/C22H23NO3S2/c1-13-10-16(14(2)28-13)22(24)23-8-7-15-11-18(25-3)19(26-4)12-17(15)21(23)20-6-5-9-27-20/h5-6,9-12,21H,7-8H2,1-4H3. The molecular formula is C22H23NO3S2. The molecular weight excluding hydrogens is 390 g/mol. The molecule has 4 rings (SSSR count). The van der Waals surface area contributed by atoms with Crippen molar-refractivity contribution >= 4 is 28.6 Å². The van der Waals surface area contributed by atoms with E-state index >= 15 is 0 Å². The van der Waals surface area contributed by atoms with Crippen molar-refractivity contribution in [1.82, 2.24) is 4.90 Å². The molecule has 1 aromatic carbocycles. The van der Waals surface area contributed by atoms with E-state index < -0.39 is 0 Å². The zero-order valence-corrected chi connectivity index (χ0v) is 18.1. The Morgan fingerprint density at radius 2 is 1.89 bits per heavy atom. The first-order valence-electron chi connectivity index (χ1n) is 9.19. The average Bonchev–Trinajstić information content (AvgIpc) is 3.34. The third-order valence-corrected chi connectivity index (χ3v) is 7.11. The lowest BCUT2D eigenvalue weighted by Gasteiger charge is -2.37. The Balaban J connectivity index is 1.83. The molecule has 4 nitrogen and oxygen atoms in total. The molecule has 2 aromatic heterocycles. The van der Waals surface area contributed by atoms with Crippen LogP contribution in [0.4, 0.5) is 0 Å². The lowest BCUT2D eigenvalue weighted by Crippen LogP contribution is -2.40. The molecule has 0 N–H and O–H groups in total. The molecule has 1 aliphatic heterocycles. The van der Waals surface area contributed by atoms with E-state index in [1.165, 1.54) is 5.56 Å². The summed E-state index contributed by atoms with van der Waals surface area (Å²) in [4.78, 5) is 18.9. The molecule has 0 bridgehead atoms. The number of methoxy groups -OCH3 is 2. The highest BCUT2D eigenvalue weighted by Crippen LogP contribution is 2.43. The zero-order valence-electron chi connectivity index (χ0n) is 16.4. The van der Waals surface area contributed by atoms with Crippen LogP contribution in [0.15, 0.2) is 35.7 Å². The highest BCUT2D eigenvalue weighted by atomic mass is 32.1. The molecule has 146 valence electrons. The molecule has 1 atom stereocenters. The number of aryl methyl sites for hydroxylation is 2. The van der Waals surface area contributed by atoms with Crippen LogP contribution in [0.3, 0.4) is 0 Å². The highest BCUT2D eigenvalue weighted by molar-refractivity contribution is 7.12. The maximum Gasteiger partial charge on any atom is 0.255 e. The quantitative estimate of drug-likeness (QED) is 0.588. The van der Waals surface area contributed by atoms with Gasteiger partial charge in [-0.1, -0.05) is 6.07 Å². The minimum Gasteiger partial charge on any atom is -0.493 e. The van der Waals surface area contributed by atoms with E-state index in [1.807, 2.05) is 36.9 Å². The van der Waals surface area contributed by atoms with Gasteiger partial charge in [0.05, 0.1) is 25.8 Å². The van der Waals surface area contributed by atoms with Crippen molar-refractivity contribution in [3.05, 3.63) is 67.0 Å². The summed E-state index contributed by atoms with van der Waals surface area (Å²) in [6.45, 7) is 4.75. The van der Waals surface area contributed by atoms with Crippen LogP contribution in [-0.2, 0) is 6.42 Å². The van der Waals surface area contributed by atoms with E-state index in [2.05, 4.69) is 17.5 Å². The fourth-order valence-electron chi connectivity index (χ4n) is 3.92. The molecule has 1 aliphatic rings. The molecule has 0 fully saturated rings. The van der Waals surface area contributed by atoms with Gasteiger partial charge in [0.25, 0.3) is 5.91 Å². The first-order valence-corrected chi connectivity index (χ1v) is 10.9. The van der Waals surface area contributed by atoms with Crippen molar-refractivity contribution in [2.75, 3.05) is 20.8 Å². The number of hydrogen-bond donors (Lipinski definition) is 0. The lowest BCUT2D eigenvalue weighted by molar-refractivity contribution is 0.0696. The molecule has 0 aliphatic carbocycles. The van der Waals surface area contributed by atoms with Crippen molar-refractivity contribution in [3.63, 3.8) is 0 Å². The summed E-state index contributed by atoms with van der Waals surface area (Å²) >= 11 is 3.35. The summed E-state index contributed by atoms with van der Waals surface area (Å²) in [5.41, 5.74) is 3.13. The number of benzene rings is 1. The first kappa shape index (κ1) is 19.0. The Bertz CT molecular complexity index is 1010. The van der Waals surface area contributed by atoms with Gasteiger partial charge in [0.2, 0.25) is 0 Å². The third kappa shape index (κ3) is 3.20. The van der Waals surface area contributed by atoms with Crippen LogP contribution >= 0.6 is 22.7 Å². The minimum absolute atomic E-state index is 0.0979. The van der Waals surface area contributed by atoms with E-state index in [4.69, 9.17) is 9.47 Å². The predicted molar refractivity (Wildman–Crippen MR) is 114 cm³/mol. The average molecular weight is 414 g/mol. The van der Waals surface area contributed by atoms with E-state index in [0.29, 0.717) is 12.3 Å². The maximum absolute atomic E-state index is 13.5. The monoisotopic (exact) mass is 413 g/mol. The van der Waals surface area contributed by atoms with Crippen LogP contribution in [0.2, 0.25) is 0 Å². The van der Waals surface area contributed by atoms with Gasteiger partial charge in [-0.2, -0.15) is 0 Å². The highest BCUT2D eigenvalue weighted by Gasteiger charge is 2.35. The summed E-state index contributed by atoms with van der Waals surface area (Å²) in [5, 5.41) is 2.06. The molecule has 0 saturated carbocycles. The molecule has 1 amide bonds. The summed E-state index contributed by atoms with van der Waals surface area (Å²) < 4.78 is 11.0. The van der Waals surface area contributed by atoms with Crippen molar-refractivity contribution in [2.24, 2.45) is 0 Å². The van der Waals surface area contributed by atoms with Gasteiger partial charge in [0.1, 0.15) is 0 Å². The van der Waals surface area contributed by atoms with Crippen LogP contribution in [0.25, 0.3) is 0 Å².